The molecule has 0 saturated carbocycles. The summed E-state index contributed by atoms with van der Waals surface area (Å²) in [5, 5.41) is 10.1. The number of halogens is 3. The molecule has 3 aromatic rings. The predicted octanol–water partition coefficient (Wildman–Crippen LogP) is 1.87. The van der Waals surface area contributed by atoms with Gasteiger partial charge in [-0.1, -0.05) is 6.07 Å². The maximum absolute atomic E-state index is 13.6. The second kappa shape index (κ2) is 10.8. The van der Waals surface area contributed by atoms with E-state index < -0.39 is 45.9 Å². The Labute approximate surface area is 238 Å². The third-order valence-corrected chi connectivity index (χ3v) is 8.24. The van der Waals surface area contributed by atoms with Crippen LogP contribution >= 0.6 is 0 Å². The summed E-state index contributed by atoms with van der Waals surface area (Å²) in [6.07, 6.45) is -0.236. The number of aromatic nitrogens is 3. The number of ether oxygens (including phenoxy) is 1. The van der Waals surface area contributed by atoms with Crippen molar-refractivity contribution in [3.05, 3.63) is 64.5 Å². The number of carbonyl (C=O) groups is 2. The van der Waals surface area contributed by atoms with Gasteiger partial charge in [-0.05, 0) is 55.3 Å². The van der Waals surface area contributed by atoms with Crippen LogP contribution in [-0.2, 0) is 33.2 Å². The van der Waals surface area contributed by atoms with Gasteiger partial charge in [-0.2, -0.15) is 23.0 Å². The molecule has 3 N–H and O–H groups in total. The Morgan fingerprint density at radius 3 is 2.74 bits per heavy atom. The number of carbonyl (C=O) groups excluding carboxylic acids is 2. The molecule has 1 aliphatic carbocycles. The van der Waals surface area contributed by atoms with Gasteiger partial charge in [-0.3, -0.25) is 14.6 Å². The lowest BCUT2D eigenvalue weighted by molar-refractivity contribution is -0.153. The summed E-state index contributed by atoms with van der Waals surface area (Å²) in [6, 6.07) is 7.92. The molecule has 0 radical (unpaired) electrons. The maximum atomic E-state index is 13.6. The molecule has 5 rings (SSSR count). The number of hydrogen-bond donors (Lipinski definition) is 3. The maximum Gasteiger partial charge on any atom is 0.422 e. The van der Waals surface area contributed by atoms with Crippen LogP contribution in [0.4, 0.5) is 19.0 Å². The molecule has 16 heteroatoms. The molecule has 0 fully saturated rings. The zero-order chi connectivity index (χ0) is 30.3. The number of alkyl halides is 3. The van der Waals surface area contributed by atoms with Crippen LogP contribution in [0.3, 0.4) is 0 Å². The number of rotatable bonds is 8. The Kier molecular flexibility index (Phi) is 7.53. The molecule has 1 atom stereocenters. The number of amides is 2. The molecule has 0 bridgehead atoms. The third-order valence-electron chi connectivity index (χ3n) is 6.98. The predicted molar refractivity (Wildman–Crippen MR) is 146 cm³/mol. The number of aryl methyl sites for hydroxylation is 1. The van der Waals surface area contributed by atoms with Gasteiger partial charge in [0.25, 0.3) is 5.91 Å². The number of pyridine rings is 1. The Balaban J connectivity index is 1.52. The van der Waals surface area contributed by atoms with Crippen molar-refractivity contribution in [2.75, 3.05) is 31.8 Å². The quantitative estimate of drug-likeness (QED) is 0.331. The van der Waals surface area contributed by atoms with Crippen molar-refractivity contribution in [1.29, 1.82) is 0 Å². The first-order valence-electron chi connectivity index (χ1n) is 12.7. The van der Waals surface area contributed by atoms with Crippen molar-refractivity contribution in [2.45, 2.75) is 31.0 Å². The summed E-state index contributed by atoms with van der Waals surface area (Å²) >= 11 is 0. The van der Waals surface area contributed by atoms with Crippen LogP contribution in [0.5, 0.6) is 5.75 Å². The summed E-state index contributed by atoms with van der Waals surface area (Å²) in [5.41, 5.74) is 1.64. The van der Waals surface area contributed by atoms with E-state index in [4.69, 9.17) is 4.74 Å². The molecule has 42 heavy (non-hydrogen) atoms. The first-order chi connectivity index (χ1) is 19.8. The lowest BCUT2D eigenvalue weighted by atomic mass is 9.82. The highest BCUT2D eigenvalue weighted by Crippen LogP contribution is 2.44. The van der Waals surface area contributed by atoms with Crippen LogP contribution in [0, 0.1) is 0 Å². The van der Waals surface area contributed by atoms with Gasteiger partial charge >= 0.3 is 6.18 Å². The van der Waals surface area contributed by atoms with E-state index in [1.807, 2.05) is 0 Å². The highest BCUT2D eigenvalue weighted by atomic mass is 32.2. The zero-order valence-electron chi connectivity index (χ0n) is 22.4. The van der Waals surface area contributed by atoms with E-state index in [0.717, 1.165) is 11.1 Å². The van der Waals surface area contributed by atoms with Gasteiger partial charge in [0.2, 0.25) is 15.9 Å². The number of benzene rings is 1. The number of anilines is 1. The summed E-state index contributed by atoms with van der Waals surface area (Å²) in [7, 11) is -1.13. The van der Waals surface area contributed by atoms with Gasteiger partial charge in [0.05, 0.1) is 11.2 Å². The van der Waals surface area contributed by atoms with Crippen molar-refractivity contribution >= 4 is 33.9 Å². The van der Waals surface area contributed by atoms with Crippen LogP contribution in [0.2, 0.25) is 0 Å². The number of aliphatic imine (C=N–C) groups is 1. The topological polar surface area (TPSA) is 157 Å². The van der Waals surface area contributed by atoms with E-state index in [9.17, 15) is 31.2 Å². The van der Waals surface area contributed by atoms with E-state index in [1.165, 1.54) is 30.1 Å². The van der Waals surface area contributed by atoms with Gasteiger partial charge < -0.3 is 15.4 Å². The molecule has 0 saturated heterocycles. The monoisotopic (exact) mass is 605 g/mol. The van der Waals surface area contributed by atoms with Crippen LogP contribution in [-0.4, -0.2) is 73.8 Å². The lowest BCUT2D eigenvalue weighted by Gasteiger charge is -2.35. The van der Waals surface area contributed by atoms with Crippen molar-refractivity contribution in [3.8, 4) is 11.6 Å². The number of nitrogens with zero attached hydrogens (tertiary/aromatic N) is 4. The summed E-state index contributed by atoms with van der Waals surface area (Å²) in [5.74, 6) is -2.07. The minimum atomic E-state index is -4.48. The molecule has 1 aromatic carbocycles. The minimum absolute atomic E-state index is 0.0489. The SMILES string of the molecule is CN=Cc1ccc(-n2nc3c(c2NC(=O)CS(=O)(=O)NC)C(=O)N[C@@]2(CCc4cc(OCC(F)(F)F)ccc42)C3)nc1. The van der Waals surface area contributed by atoms with Crippen LogP contribution in [0.1, 0.15) is 39.2 Å². The molecule has 2 amide bonds. The van der Waals surface area contributed by atoms with Crippen molar-refractivity contribution in [3.63, 3.8) is 0 Å². The average molecular weight is 606 g/mol. The second-order valence-electron chi connectivity index (χ2n) is 9.87. The smallest absolute Gasteiger partial charge is 0.422 e. The number of hydrogen-bond acceptors (Lipinski definition) is 8. The molecule has 2 aromatic heterocycles. The van der Waals surface area contributed by atoms with E-state index in [-0.39, 0.29) is 29.4 Å². The first-order valence-corrected chi connectivity index (χ1v) is 14.4. The van der Waals surface area contributed by atoms with E-state index >= 15 is 0 Å². The molecule has 0 unspecified atom stereocenters. The third kappa shape index (κ3) is 5.85. The van der Waals surface area contributed by atoms with Gasteiger partial charge in [0.15, 0.2) is 18.2 Å². The Morgan fingerprint density at radius 1 is 1.29 bits per heavy atom. The highest BCUT2D eigenvalue weighted by Gasteiger charge is 2.47. The van der Waals surface area contributed by atoms with E-state index in [1.54, 1.807) is 31.5 Å². The van der Waals surface area contributed by atoms with Crippen molar-refractivity contribution in [2.24, 2.45) is 4.99 Å². The number of fused-ring (bicyclic) bond motifs is 3. The molecule has 12 nitrogen and oxygen atoms in total. The van der Waals surface area contributed by atoms with E-state index in [0.29, 0.717) is 24.1 Å². The zero-order valence-corrected chi connectivity index (χ0v) is 23.3. The minimum Gasteiger partial charge on any atom is -0.484 e. The molecule has 1 aliphatic heterocycles. The van der Waals surface area contributed by atoms with Gasteiger partial charge in [-0.15, -0.1) is 0 Å². The van der Waals surface area contributed by atoms with Crippen molar-refractivity contribution < 1.29 is 35.9 Å². The first kappa shape index (κ1) is 29.2. The molecule has 3 heterocycles. The largest absolute Gasteiger partial charge is 0.484 e. The standard InChI is InChI=1S/C26H26F3N7O5S/c1-30-11-15-3-6-20(32-12-15)36-23(33-21(37)13-42(39,40)31-2)22-19(35-36)10-25(34-24(22)38)8-7-16-9-17(4-5-18(16)25)41-14-26(27,28)29/h3-6,9,11-12,31H,7-8,10,13-14H2,1-2H3,(H,33,37)(H,34,38)/t25-/m0/s1. The Hall–Kier alpha value is -4.31. The number of nitrogens with one attached hydrogen (secondary N) is 3. The number of sulfonamides is 1. The van der Waals surface area contributed by atoms with Crippen LogP contribution in [0.25, 0.3) is 5.82 Å². The average Bonchev–Trinajstić information content (AvgIpc) is 3.45. The van der Waals surface area contributed by atoms with Gasteiger partial charge in [0.1, 0.15) is 17.1 Å². The fourth-order valence-corrected chi connectivity index (χ4v) is 5.73. The van der Waals surface area contributed by atoms with Gasteiger partial charge in [-0.25, -0.2) is 18.1 Å². The summed E-state index contributed by atoms with van der Waals surface area (Å²) < 4.78 is 70.1. The Morgan fingerprint density at radius 2 is 2.07 bits per heavy atom. The fourth-order valence-electron chi connectivity index (χ4n) is 5.17. The van der Waals surface area contributed by atoms with Crippen LogP contribution < -0.4 is 20.1 Å². The molecule has 222 valence electrons. The lowest BCUT2D eigenvalue weighted by Crippen LogP contribution is -2.50. The molecular weight excluding hydrogens is 579 g/mol. The molecule has 1 spiro atoms. The highest BCUT2D eigenvalue weighted by molar-refractivity contribution is 7.90. The molecular formula is C26H26F3N7O5S. The van der Waals surface area contributed by atoms with Crippen molar-refractivity contribution in [1.82, 2.24) is 24.8 Å². The van der Waals surface area contributed by atoms with Gasteiger partial charge in [0, 0.05) is 31.4 Å². The Bertz CT molecular complexity index is 1690. The summed E-state index contributed by atoms with van der Waals surface area (Å²) in [6.45, 7) is -1.42. The fraction of sp³-hybridized carbons (Fsp3) is 0.346. The second-order valence-corrected chi connectivity index (χ2v) is 11.8. The normalized spacial score (nSPS) is 18.2. The van der Waals surface area contributed by atoms with Crippen LogP contribution in [0.15, 0.2) is 41.5 Å². The summed E-state index contributed by atoms with van der Waals surface area (Å²) in [4.78, 5) is 34.7. The van der Waals surface area contributed by atoms with E-state index in [2.05, 4.69) is 30.4 Å². The molecule has 2 aliphatic rings.